The Morgan fingerprint density at radius 2 is 1.36 bits per heavy atom. The van der Waals surface area contributed by atoms with Crippen molar-refractivity contribution in [3.8, 4) is 28.8 Å². The number of fused-ring (bicyclic) bond motifs is 3. The molecule has 0 radical (unpaired) electrons. The number of alkyl halides is 8. The van der Waals surface area contributed by atoms with E-state index in [9.17, 15) is 52.2 Å². The van der Waals surface area contributed by atoms with Crippen LogP contribution in [0, 0.1) is 53.1 Å². The number of alkyl carbamates (subject to hydrolysis) is 2. The molecule has 4 amide bonds. The molecule has 10 rings (SSSR count). The number of hydrogen-bond acceptors (Lipinski definition) is 19. The van der Waals surface area contributed by atoms with E-state index in [1.54, 1.807) is 17.7 Å². The number of methoxy groups -OCH3 is 2. The molecule has 27 nitrogen and oxygen atoms in total. The van der Waals surface area contributed by atoms with Crippen molar-refractivity contribution in [1.82, 2.24) is 50.6 Å². The van der Waals surface area contributed by atoms with Crippen molar-refractivity contribution in [3.05, 3.63) is 124 Å². The second-order valence-corrected chi connectivity index (χ2v) is 32.4. The fourth-order valence-corrected chi connectivity index (χ4v) is 16.3. The van der Waals surface area contributed by atoms with E-state index in [0.29, 0.717) is 126 Å². The number of nitrogens with zero attached hydrogens (tertiary/aromatic N) is 8. The minimum atomic E-state index is -5.60. The molecule has 2 aromatic heterocycles. The summed E-state index contributed by atoms with van der Waals surface area (Å²) in [6.45, 7) is 3.16. The summed E-state index contributed by atoms with van der Waals surface area (Å²) in [4.78, 5) is 135. The number of nitrogens with one attached hydrogen (secondary N) is 3. The van der Waals surface area contributed by atoms with E-state index in [0.717, 1.165) is 45.7 Å². The summed E-state index contributed by atoms with van der Waals surface area (Å²) < 4.78 is 193. The van der Waals surface area contributed by atoms with Gasteiger partial charge >= 0.3 is 50.8 Å². The molecule has 5 aromatic rings. The summed E-state index contributed by atoms with van der Waals surface area (Å²) in [5.74, 6) is -5.95. The number of Topliss-reactive ketones (excluding diaryl/α,β-unsaturated/α-hetero) is 1. The van der Waals surface area contributed by atoms with Crippen molar-refractivity contribution in [1.29, 1.82) is 0 Å². The molecule has 4 aliphatic heterocycles. The smallest absolute Gasteiger partial charge is 0.480 e. The number of ether oxygens (including phenoxy) is 4. The number of carbonyl (C=O) groups excluding carboxylic acids is 6. The number of phosphoric ester groups is 1. The maximum absolute atomic E-state index is 17.0. The molecule has 4 saturated heterocycles. The number of benzene rings is 3. The Kier molecular flexibility index (Phi) is 26.6. The van der Waals surface area contributed by atoms with Gasteiger partial charge in [-0.1, -0.05) is 56.7 Å². The quantitative estimate of drug-likeness (QED) is 0.00647. The number of carbonyl (C=O) groups is 7. The van der Waals surface area contributed by atoms with Gasteiger partial charge in [0.1, 0.15) is 41.6 Å². The highest BCUT2D eigenvalue weighted by atomic mass is 31.2. The average molecular weight is 1630 g/mol. The van der Waals surface area contributed by atoms with Crippen molar-refractivity contribution in [2.45, 2.75) is 198 Å². The Morgan fingerprint density at radius 1 is 0.772 bits per heavy atom. The van der Waals surface area contributed by atoms with Crippen LogP contribution < -0.4 is 25.5 Å². The number of aromatic nitrogens is 4. The van der Waals surface area contributed by atoms with Crippen molar-refractivity contribution >= 4 is 55.5 Å². The van der Waals surface area contributed by atoms with Gasteiger partial charge in [0, 0.05) is 96.4 Å². The lowest BCUT2D eigenvalue weighted by Crippen LogP contribution is -2.62. The number of anilines is 1. The first-order valence-corrected chi connectivity index (χ1v) is 38.3. The van der Waals surface area contributed by atoms with E-state index >= 15 is 44.7 Å². The van der Waals surface area contributed by atoms with Crippen LogP contribution in [0.5, 0.6) is 5.75 Å². The van der Waals surface area contributed by atoms with Gasteiger partial charge in [-0.2, -0.15) is 40.2 Å². The third-order valence-electron chi connectivity index (χ3n) is 22.0. The Labute approximate surface area is 649 Å². The maximum atomic E-state index is 17.0. The molecule has 5 fully saturated rings. The van der Waals surface area contributed by atoms with Crippen LogP contribution in [0.4, 0.5) is 59.4 Å². The minimum absolute atomic E-state index is 0.0461. The van der Waals surface area contributed by atoms with Crippen molar-refractivity contribution < 1.29 is 120 Å². The number of aryl methyl sites for hydroxylation is 1. The molecular formula is C76H90F10N11O16P. The number of amides is 4. The Morgan fingerprint density at radius 3 is 1.91 bits per heavy atom. The van der Waals surface area contributed by atoms with Crippen molar-refractivity contribution in [2.24, 2.45) is 22.7 Å². The average Bonchev–Trinajstić information content (AvgIpc) is 1.38. The van der Waals surface area contributed by atoms with E-state index < -0.39 is 194 Å². The molecule has 620 valence electrons. The first kappa shape index (κ1) is 86.9. The lowest BCUT2D eigenvalue weighted by molar-refractivity contribution is -0.221. The summed E-state index contributed by atoms with van der Waals surface area (Å²) >= 11 is 0. The number of aliphatic carboxylic acids is 1. The Balaban J connectivity index is 1.09. The highest BCUT2D eigenvalue weighted by Gasteiger charge is 2.58. The summed E-state index contributed by atoms with van der Waals surface area (Å²) in [6.07, 6.45) is -11.1. The predicted molar refractivity (Wildman–Crippen MR) is 386 cm³/mol. The zero-order valence-corrected chi connectivity index (χ0v) is 64.6. The van der Waals surface area contributed by atoms with E-state index in [2.05, 4.69) is 51.6 Å². The molecule has 114 heavy (non-hydrogen) atoms. The maximum Gasteiger partial charge on any atom is 0.524 e. The molecule has 6 heterocycles. The highest BCUT2D eigenvalue weighted by Crippen LogP contribution is 2.49. The molecule has 6 N–H and O–H groups in total. The van der Waals surface area contributed by atoms with E-state index in [1.807, 2.05) is 5.32 Å². The van der Waals surface area contributed by atoms with Crippen molar-refractivity contribution in [3.63, 3.8) is 0 Å². The number of likely N-dealkylation sites (tertiary alicyclic amines) is 1. The number of carboxylic acids is 1. The molecule has 9 atom stereocenters. The molecule has 38 heteroatoms. The number of esters is 1. The van der Waals surface area contributed by atoms with Gasteiger partial charge in [0.2, 0.25) is 11.9 Å². The number of hydrogen-bond donors (Lipinski definition) is 6. The molecule has 5 aliphatic rings. The van der Waals surface area contributed by atoms with Gasteiger partial charge in [0.25, 0.3) is 5.91 Å². The normalized spacial score (nSPS) is 20.0. The fraction of sp³-hybridized carbons (Fsp3) is 0.553. The number of piperazine rings is 1. The molecule has 1 aliphatic carbocycles. The molecule has 0 spiro atoms. The summed E-state index contributed by atoms with van der Waals surface area (Å²) in [5, 5.41) is 18.3. The van der Waals surface area contributed by atoms with E-state index in [-0.39, 0.29) is 39.3 Å². The SMILES string of the molecule is COC(=O)N[C@H](C(=O)C[C@@H](Cc1ccc(C#Cc2cnc(N3CC4CCC(C3)N4C3COC3)nc2)cc1)[C@H](CN(Cc1c(F)cc(-c2ccn(C(F)F)n2)cc1F)NC(=O)[C@@H](NC(=O)OC)C(C)(C)C(F)(F)F)OC(=O)CC(C)(C)c1c(CC(=O)N2[C@H](C(=O)O)C[C@@H]3CCCC[C@@H]32)cc(C)cc1OP(=O)(O)O)C(C)(C)C(F)(F)F. The number of phosphoric acid groups is 1. The van der Waals surface area contributed by atoms with Crippen LogP contribution in [0.1, 0.15) is 145 Å². The highest BCUT2D eigenvalue weighted by molar-refractivity contribution is 7.46. The van der Waals surface area contributed by atoms with Crippen LogP contribution in [0.2, 0.25) is 0 Å². The predicted octanol–water partition coefficient (Wildman–Crippen LogP) is 10.6. The molecule has 1 saturated carbocycles. The van der Waals surface area contributed by atoms with Crippen LogP contribution in [-0.2, 0) is 72.3 Å². The number of rotatable bonds is 29. The van der Waals surface area contributed by atoms with Crippen LogP contribution in [0.3, 0.4) is 0 Å². The standard InChI is InChI=1S/C76H90F10N11O16P/c1-41-24-48(31-61(99)97-56-13-11-10-12-45(56)29-57(97)67(102)103)63(59(25-41)113-114(106,107)108)72(2,3)32-62(100)112-60(38-94(92-66(101)65(90-71(105)110-9)74(6,7)76(84,85)86)37-52-53(77)27-46(28-54(52)78)55-22-23-95(91-55)68(79)80)47(30-58(98)64(89-70(104)109-8)73(4,5)75(81,82)83)26-43-17-14-42(15-18-43)16-19-44-33-87-69(88-34-44)93-35-49-20-21-50(36-93)96(49)51-39-111-40-51/h14-15,17-18,22-25,27-28,33-34,45,47,49-51,56-57,60,64-65,68H,10-13,20-21,26,29-32,35-40H2,1-9H3,(H,89,104)(H,90,105)(H,92,101)(H,102,103)(H2,106,107,108)/t45-,47+,49?,50?,56-,57-,60-,64+,65+/m0/s1. The Bertz CT molecular complexity index is 4460. The zero-order valence-electron chi connectivity index (χ0n) is 63.8. The zero-order chi connectivity index (χ0) is 83.5. The fourth-order valence-electron chi connectivity index (χ4n) is 15.9. The van der Waals surface area contributed by atoms with Gasteiger partial charge in [0.05, 0.1) is 74.9 Å². The molecule has 2 unspecified atom stereocenters. The van der Waals surface area contributed by atoms with Gasteiger partial charge in [-0.15, -0.1) is 0 Å². The first-order valence-electron chi connectivity index (χ1n) is 36.7. The van der Waals surface area contributed by atoms with Gasteiger partial charge in [0.15, 0.2) is 5.78 Å². The van der Waals surface area contributed by atoms with Gasteiger partial charge in [-0.25, -0.2) is 47.4 Å². The summed E-state index contributed by atoms with van der Waals surface area (Å²) in [7, 11) is -4.08. The second kappa shape index (κ2) is 34.9. The topological polar surface area (TPSA) is 336 Å². The van der Waals surface area contributed by atoms with E-state index in [4.69, 9.17) is 14.0 Å². The number of carboxylic acid groups (broad SMARTS) is 1. The van der Waals surface area contributed by atoms with Gasteiger partial charge in [-0.05, 0) is 132 Å². The van der Waals surface area contributed by atoms with Gasteiger partial charge < -0.3 is 49.0 Å². The minimum Gasteiger partial charge on any atom is -0.480 e. The van der Waals surface area contributed by atoms with Crippen LogP contribution >= 0.6 is 7.82 Å². The molecular weight excluding hydrogens is 1540 g/mol. The number of halogens is 10. The number of hydrazine groups is 1. The summed E-state index contributed by atoms with van der Waals surface area (Å²) in [6, 6.07) is 4.47. The van der Waals surface area contributed by atoms with E-state index in [1.165, 1.54) is 62.1 Å². The van der Waals surface area contributed by atoms with Crippen LogP contribution in [-0.4, -0.2) is 199 Å². The summed E-state index contributed by atoms with van der Waals surface area (Å²) in [5.41, 5.74) is -7.39. The monoisotopic (exact) mass is 1630 g/mol. The molecule has 3 aromatic carbocycles. The van der Waals surface area contributed by atoms with Gasteiger partial charge in [-0.3, -0.25) is 39.3 Å². The first-order chi connectivity index (χ1) is 53.4. The van der Waals surface area contributed by atoms with Crippen LogP contribution in [0.25, 0.3) is 11.3 Å². The largest absolute Gasteiger partial charge is 0.524 e. The van der Waals surface area contributed by atoms with Crippen LogP contribution in [0.15, 0.2) is 73.2 Å². The third-order valence-corrected chi connectivity index (χ3v) is 22.5. The second-order valence-electron chi connectivity index (χ2n) is 31.2. The molecule has 2 bridgehead atoms. The lowest BCUT2D eigenvalue weighted by Gasteiger charge is -2.47. The van der Waals surface area contributed by atoms with Crippen molar-refractivity contribution in [2.75, 3.05) is 52.0 Å². The number of ketones is 1. The third kappa shape index (κ3) is 20.2. The lowest BCUT2D eigenvalue weighted by atomic mass is 9.77. The Hall–Kier alpha value is -9.47.